The second kappa shape index (κ2) is 4.99. The van der Waals surface area contributed by atoms with Gasteiger partial charge in [0, 0.05) is 19.7 Å². The van der Waals surface area contributed by atoms with E-state index in [1.54, 1.807) is 44.4 Å². The third-order valence-electron chi connectivity index (χ3n) is 1.94. The van der Waals surface area contributed by atoms with Gasteiger partial charge in [-0.15, -0.1) is 0 Å². The van der Waals surface area contributed by atoms with Crippen molar-refractivity contribution in [2.45, 2.75) is 6.18 Å². The molecule has 92 valence electrons. The largest absolute Gasteiger partial charge is 0.451 e. The van der Waals surface area contributed by atoms with Crippen LogP contribution in [0.1, 0.15) is 5.56 Å². The zero-order valence-corrected chi connectivity index (χ0v) is 9.42. The Kier molecular flexibility index (Phi) is 3.88. The lowest BCUT2D eigenvalue weighted by Crippen LogP contribution is -2.28. The minimum Gasteiger partial charge on any atom is -0.362 e. The molecule has 0 aliphatic carbocycles. The van der Waals surface area contributed by atoms with Gasteiger partial charge in [0.1, 0.15) is 5.84 Å². The first-order valence-corrected chi connectivity index (χ1v) is 4.79. The number of rotatable bonds is 1. The maximum Gasteiger partial charge on any atom is 0.451 e. The molecule has 1 aromatic rings. The molecule has 0 radical (unpaired) electrons. The lowest BCUT2D eigenvalue weighted by Gasteiger charge is -2.16. The van der Waals surface area contributed by atoms with E-state index in [2.05, 4.69) is 4.99 Å². The molecule has 1 N–H and O–H groups in total. The Morgan fingerprint density at radius 1 is 1.18 bits per heavy atom. The summed E-state index contributed by atoms with van der Waals surface area (Å²) in [5, 5.41) is 6.87. The Balaban J connectivity index is 3.12. The molecule has 1 rings (SSSR count). The molecule has 6 heteroatoms. The molecule has 0 atom stereocenters. The molecule has 0 amide bonds. The van der Waals surface area contributed by atoms with Gasteiger partial charge in [-0.1, -0.05) is 30.3 Å². The molecule has 17 heavy (non-hydrogen) atoms. The number of halogens is 3. The molecule has 1 aromatic carbocycles. The van der Waals surface area contributed by atoms with Gasteiger partial charge in [0.15, 0.2) is 0 Å². The fraction of sp³-hybridized carbons (Fsp3) is 0.273. The standard InChI is InChI=1S/C11H12F3N3/c1-17(2)9(8-6-4-3-5-7-8)16-10(15)11(12,13)14/h3-7,15H,1-2H3. The van der Waals surface area contributed by atoms with Crippen LogP contribution in [0.5, 0.6) is 0 Å². The number of nitrogens with zero attached hydrogens (tertiary/aromatic N) is 2. The Hall–Kier alpha value is -1.85. The monoisotopic (exact) mass is 243 g/mol. The number of aliphatic imine (C=N–C) groups is 1. The van der Waals surface area contributed by atoms with Crippen molar-refractivity contribution in [1.82, 2.24) is 4.90 Å². The zero-order valence-electron chi connectivity index (χ0n) is 9.42. The van der Waals surface area contributed by atoms with Gasteiger partial charge < -0.3 is 4.90 Å². The van der Waals surface area contributed by atoms with E-state index in [-0.39, 0.29) is 5.84 Å². The summed E-state index contributed by atoms with van der Waals surface area (Å²) in [6.45, 7) is 0. The van der Waals surface area contributed by atoms with Gasteiger partial charge in [-0.05, 0) is 0 Å². The number of nitrogens with one attached hydrogen (secondary N) is 1. The summed E-state index contributed by atoms with van der Waals surface area (Å²) in [6.07, 6.45) is -4.73. The van der Waals surface area contributed by atoms with Crippen LogP contribution in [0.25, 0.3) is 0 Å². The molecule has 0 heterocycles. The van der Waals surface area contributed by atoms with Gasteiger partial charge >= 0.3 is 6.18 Å². The van der Waals surface area contributed by atoms with Crippen LogP contribution in [-0.4, -0.2) is 36.8 Å². The average molecular weight is 243 g/mol. The topological polar surface area (TPSA) is 39.5 Å². The summed E-state index contributed by atoms with van der Waals surface area (Å²) < 4.78 is 36.7. The Bertz CT molecular complexity index is 421. The van der Waals surface area contributed by atoms with Gasteiger partial charge in [-0.25, -0.2) is 4.99 Å². The van der Waals surface area contributed by atoms with Crippen molar-refractivity contribution in [2.24, 2.45) is 4.99 Å². The van der Waals surface area contributed by atoms with Crippen molar-refractivity contribution < 1.29 is 13.2 Å². The fourth-order valence-electron chi connectivity index (χ4n) is 1.18. The van der Waals surface area contributed by atoms with Gasteiger partial charge in [-0.3, -0.25) is 5.41 Å². The lowest BCUT2D eigenvalue weighted by molar-refractivity contribution is -0.0604. The Morgan fingerprint density at radius 2 is 1.71 bits per heavy atom. The van der Waals surface area contributed by atoms with Crippen molar-refractivity contribution in [3.63, 3.8) is 0 Å². The summed E-state index contributed by atoms with van der Waals surface area (Å²) in [5.41, 5.74) is 0.534. The molecule has 3 nitrogen and oxygen atoms in total. The number of hydrogen-bond acceptors (Lipinski definition) is 1. The maximum atomic E-state index is 12.2. The predicted octanol–water partition coefficient (Wildman–Crippen LogP) is 2.53. The quantitative estimate of drug-likeness (QED) is 0.597. The number of amidine groups is 2. The molecule has 0 spiro atoms. The maximum absolute atomic E-state index is 12.2. The molecule has 0 aromatic heterocycles. The van der Waals surface area contributed by atoms with E-state index >= 15 is 0 Å². The van der Waals surface area contributed by atoms with Crippen molar-refractivity contribution in [3.8, 4) is 0 Å². The molecular formula is C11H12F3N3. The molecule has 0 fully saturated rings. The minimum absolute atomic E-state index is 0.105. The van der Waals surface area contributed by atoms with Gasteiger partial charge in [0.05, 0.1) is 0 Å². The predicted molar refractivity (Wildman–Crippen MR) is 60.4 cm³/mol. The van der Waals surface area contributed by atoms with Crippen LogP contribution >= 0.6 is 0 Å². The van der Waals surface area contributed by atoms with Crippen LogP contribution in [0.3, 0.4) is 0 Å². The summed E-state index contributed by atoms with van der Waals surface area (Å²) in [6, 6.07) is 8.44. The number of benzene rings is 1. The highest BCUT2D eigenvalue weighted by molar-refractivity contribution is 6.06. The van der Waals surface area contributed by atoms with E-state index in [1.807, 2.05) is 0 Å². The molecule has 0 saturated carbocycles. The van der Waals surface area contributed by atoms with Crippen molar-refractivity contribution in [3.05, 3.63) is 35.9 Å². The first kappa shape index (κ1) is 13.2. The molecule has 0 aliphatic heterocycles. The van der Waals surface area contributed by atoms with Crippen LogP contribution in [0, 0.1) is 5.41 Å². The van der Waals surface area contributed by atoms with E-state index < -0.39 is 12.0 Å². The van der Waals surface area contributed by atoms with Gasteiger partial charge in [0.25, 0.3) is 0 Å². The molecule has 0 saturated heterocycles. The van der Waals surface area contributed by atoms with Crippen molar-refractivity contribution in [1.29, 1.82) is 5.41 Å². The second-order valence-electron chi connectivity index (χ2n) is 3.54. The van der Waals surface area contributed by atoms with Crippen molar-refractivity contribution in [2.75, 3.05) is 14.1 Å². The van der Waals surface area contributed by atoms with E-state index in [9.17, 15) is 13.2 Å². The van der Waals surface area contributed by atoms with E-state index in [0.717, 1.165) is 0 Å². The summed E-state index contributed by atoms with van der Waals surface area (Å²) in [4.78, 5) is 4.76. The Morgan fingerprint density at radius 3 is 2.12 bits per heavy atom. The Labute approximate surface area is 97.1 Å². The highest BCUT2D eigenvalue weighted by Gasteiger charge is 2.35. The summed E-state index contributed by atoms with van der Waals surface area (Å²) in [7, 11) is 3.16. The van der Waals surface area contributed by atoms with E-state index in [0.29, 0.717) is 5.56 Å². The number of alkyl halides is 3. The van der Waals surface area contributed by atoms with Crippen LogP contribution in [0.2, 0.25) is 0 Å². The summed E-state index contributed by atoms with van der Waals surface area (Å²) >= 11 is 0. The fourth-order valence-corrected chi connectivity index (χ4v) is 1.18. The first-order chi connectivity index (χ1) is 7.82. The molecule has 0 bridgehead atoms. The minimum atomic E-state index is -4.73. The van der Waals surface area contributed by atoms with Crippen LogP contribution < -0.4 is 0 Å². The van der Waals surface area contributed by atoms with Gasteiger partial charge in [-0.2, -0.15) is 13.2 Å². The van der Waals surface area contributed by atoms with Crippen LogP contribution in [-0.2, 0) is 0 Å². The smallest absolute Gasteiger partial charge is 0.362 e. The van der Waals surface area contributed by atoms with Crippen LogP contribution in [0.15, 0.2) is 35.3 Å². The second-order valence-corrected chi connectivity index (χ2v) is 3.54. The van der Waals surface area contributed by atoms with Crippen LogP contribution in [0.4, 0.5) is 13.2 Å². The van der Waals surface area contributed by atoms with Gasteiger partial charge in [0.2, 0.25) is 5.84 Å². The number of hydrogen-bond donors (Lipinski definition) is 1. The highest BCUT2D eigenvalue weighted by Crippen LogP contribution is 2.18. The average Bonchev–Trinajstić information content (AvgIpc) is 2.25. The third kappa shape index (κ3) is 3.58. The van der Waals surface area contributed by atoms with Crippen molar-refractivity contribution >= 4 is 11.7 Å². The molecular weight excluding hydrogens is 231 g/mol. The molecule has 0 unspecified atom stereocenters. The van der Waals surface area contributed by atoms with E-state index in [4.69, 9.17) is 5.41 Å². The third-order valence-corrected chi connectivity index (χ3v) is 1.94. The highest BCUT2D eigenvalue weighted by atomic mass is 19.4. The molecule has 0 aliphatic rings. The zero-order chi connectivity index (χ0) is 13.1. The lowest BCUT2D eigenvalue weighted by atomic mass is 10.2. The summed E-state index contributed by atoms with van der Waals surface area (Å²) in [5.74, 6) is -1.50. The first-order valence-electron chi connectivity index (χ1n) is 4.79. The normalized spacial score (nSPS) is 12.4. The SMILES string of the molecule is CN(C)C(=NC(=N)C(F)(F)F)c1ccccc1. The van der Waals surface area contributed by atoms with E-state index in [1.165, 1.54) is 4.90 Å².